The zero-order valence-corrected chi connectivity index (χ0v) is 19.8. The molecule has 0 aliphatic heterocycles. The molecular weight excluding hydrogens is 471 g/mol. The summed E-state index contributed by atoms with van der Waals surface area (Å²) < 4.78 is 10.9. The number of carbonyl (C=O) groups excluding carboxylic acids is 1. The molecule has 2 N–H and O–H groups in total. The Morgan fingerprint density at radius 3 is 2.46 bits per heavy atom. The van der Waals surface area contributed by atoms with Crippen LogP contribution in [0.3, 0.4) is 0 Å². The molecule has 0 bridgehead atoms. The Bertz CT molecular complexity index is 673. The Morgan fingerprint density at radius 1 is 1.25 bits per heavy atom. The first-order valence-corrected chi connectivity index (χ1v) is 9.46. The molecule has 1 aromatic carbocycles. The molecule has 7 nitrogen and oxygen atoms in total. The lowest BCUT2D eigenvalue weighted by Crippen LogP contribution is -2.47. The largest absolute Gasteiger partial charge is 0.493 e. The zero-order valence-electron chi connectivity index (χ0n) is 17.5. The van der Waals surface area contributed by atoms with Crippen LogP contribution in [0.25, 0.3) is 0 Å². The highest BCUT2D eigenvalue weighted by molar-refractivity contribution is 14.0. The number of aliphatic imine (C=N–C) groups is 1. The van der Waals surface area contributed by atoms with Gasteiger partial charge in [0.2, 0.25) is 5.91 Å². The van der Waals surface area contributed by atoms with E-state index in [2.05, 4.69) is 15.6 Å². The Kier molecular flexibility index (Phi) is 9.84. The normalized spacial score (nSPS) is 15.4. The number of benzene rings is 1. The minimum Gasteiger partial charge on any atom is -0.493 e. The molecule has 0 unspecified atom stereocenters. The zero-order chi connectivity index (χ0) is 19.9. The van der Waals surface area contributed by atoms with E-state index < -0.39 is 0 Å². The van der Waals surface area contributed by atoms with E-state index in [1.165, 1.54) is 0 Å². The van der Waals surface area contributed by atoms with Crippen molar-refractivity contribution in [2.45, 2.75) is 32.6 Å². The van der Waals surface area contributed by atoms with E-state index in [0.717, 1.165) is 31.4 Å². The number of rotatable bonds is 7. The summed E-state index contributed by atoms with van der Waals surface area (Å²) in [7, 11) is 6.98. The van der Waals surface area contributed by atoms with Gasteiger partial charge in [-0.05, 0) is 31.9 Å². The summed E-state index contributed by atoms with van der Waals surface area (Å²) in [5.41, 5.74) is 0.486. The number of hydrogen-bond donors (Lipinski definition) is 2. The topological polar surface area (TPSA) is 75.2 Å². The van der Waals surface area contributed by atoms with Crippen LogP contribution in [-0.4, -0.2) is 58.2 Å². The SMILES string of the molecule is CCOc1ccc(NC(=NC)NCC2(C(=O)N(C)C)CCCC2)cc1OC.I. The molecule has 0 spiro atoms. The van der Waals surface area contributed by atoms with Crippen molar-refractivity contribution in [3.8, 4) is 11.5 Å². The third-order valence-corrected chi connectivity index (χ3v) is 4.96. The van der Waals surface area contributed by atoms with E-state index in [4.69, 9.17) is 9.47 Å². The van der Waals surface area contributed by atoms with E-state index in [1.54, 1.807) is 19.1 Å². The molecule has 1 amide bonds. The molecule has 0 heterocycles. The molecule has 0 radical (unpaired) electrons. The van der Waals surface area contributed by atoms with Gasteiger partial charge in [0.1, 0.15) is 0 Å². The summed E-state index contributed by atoms with van der Waals surface area (Å²) in [6.45, 7) is 3.08. The summed E-state index contributed by atoms with van der Waals surface area (Å²) in [5, 5.41) is 6.59. The summed E-state index contributed by atoms with van der Waals surface area (Å²) in [4.78, 5) is 18.7. The second kappa shape index (κ2) is 11.3. The van der Waals surface area contributed by atoms with Crippen LogP contribution >= 0.6 is 24.0 Å². The fourth-order valence-electron chi connectivity index (χ4n) is 3.58. The standard InChI is InChI=1S/C20H32N4O3.HI/c1-6-27-16-10-9-15(13-17(16)26-5)23-19(21-2)22-14-20(11-7-8-12-20)18(25)24(3)4;/h9-10,13H,6-8,11-12,14H2,1-5H3,(H2,21,22,23);1H. The van der Waals surface area contributed by atoms with E-state index in [1.807, 2.05) is 39.2 Å². The van der Waals surface area contributed by atoms with Gasteiger partial charge in [0, 0.05) is 39.4 Å². The van der Waals surface area contributed by atoms with Gasteiger partial charge in [-0.15, -0.1) is 24.0 Å². The average Bonchev–Trinajstić information content (AvgIpc) is 3.15. The van der Waals surface area contributed by atoms with Gasteiger partial charge < -0.3 is 25.0 Å². The van der Waals surface area contributed by atoms with Crippen LogP contribution in [-0.2, 0) is 4.79 Å². The van der Waals surface area contributed by atoms with E-state index in [0.29, 0.717) is 30.6 Å². The molecule has 1 aliphatic carbocycles. The lowest BCUT2D eigenvalue weighted by molar-refractivity contribution is -0.138. The number of halogens is 1. The number of ether oxygens (including phenoxy) is 2. The predicted octanol–water partition coefficient (Wildman–Crippen LogP) is 3.35. The van der Waals surface area contributed by atoms with Crippen molar-refractivity contribution in [1.29, 1.82) is 0 Å². The van der Waals surface area contributed by atoms with Crippen LogP contribution in [0.2, 0.25) is 0 Å². The summed E-state index contributed by atoms with van der Waals surface area (Å²) >= 11 is 0. The lowest BCUT2D eigenvalue weighted by atomic mass is 9.84. The molecule has 158 valence electrons. The minimum atomic E-state index is -0.350. The summed E-state index contributed by atoms with van der Waals surface area (Å²) in [6.07, 6.45) is 3.99. The monoisotopic (exact) mass is 504 g/mol. The van der Waals surface area contributed by atoms with Crippen molar-refractivity contribution in [2.24, 2.45) is 10.4 Å². The number of methoxy groups -OCH3 is 1. The Labute approximate surface area is 185 Å². The van der Waals surface area contributed by atoms with Crippen LogP contribution in [0.4, 0.5) is 5.69 Å². The highest BCUT2D eigenvalue weighted by atomic mass is 127. The van der Waals surface area contributed by atoms with Gasteiger partial charge in [-0.25, -0.2) is 0 Å². The van der Waals surface area contributed by atoms with Gasteiger partial charge in [0.05, 0.1) is 19.1 Å². The highest BCUT2D eigenvalue weighted by Gasteiger charge is 2.42. The molecule has 2 rings (SSSR count). The molecule has 1 aliphatic rings. The van der Waals surface area contributed by atoms with Crippen LogP contribution < -0.4 is 20.1 Å². The predicted molar refractivity (Wildman–Crippen MR) is 124 cm³/mol. The maximum atomic E-state index is 12.7. The van der Waals surface area contributed by atoms with E-state index in [9.17, 15) is 4.79 Å². The van der Waals surface area contributed by atoms with Gasteiger partial charge in [0.25, 0.3) is 0 Å². The van der Waals surface area contributed by atoms with Crippen molar-refractivity contribution in [3.05, 3.63) is 18.2 Å². The second-order valence-corrected chi connectivity index (χ2v) is 7.04. The summed E-state index contributed by atoms with van der Waals surface area (Å²) in [5.74, 6) is 2.17. The van der Waals surface area contributed by atoms with Gasteiger partial charge >= 0.3 is 0 Å². The number of carbonyl (C=O) groups is 1. The van der Waals surface area contributed by atoms with Crippen molar-refractivity contribution in [3.63, 3.8) is 0 Å². The Balaban J connectivity index is 0.00000392. The molecular formula is C20H33IN4O3. The quantitative estimate of drug-likeness (QED) is 0.339. The smallest absolute Gasteiger partial charge is 0.230 e. The molecule has 0 saturated heterocycles. The number of nitrogens with zero attached hydrogens (tertiary/aromatic N) is 2. The first-order valence-electron chi connectivity index (χ1n) is 9.46. The molecule has 28 heavy (non-hydrogen) atoms. The van der Waals surface area contributed by atoms with Gasteiger partial charge in [0.15, 0.2) is 17.5 Å². The minimum absolute atomic E-state index is 0. The second-order valence-electron chi connectivity index (χ2n) is 7.04. The van der Waals surface area contributed by atoms with Crippen molar-refractivity contribution in [1.82, 2.24) is 10.2 Å². The van der Waals surface area contributed by atoms with Gasteiger partial charge in [-0.3, -0.25) is 9.79 Å². The van der Waals surface area contributed by atoms with Gasteiger partial charge in [-0.2, -0.15) is 0 Å². The number of nitrogens with one attached hydrogen (secondary N) is 2. The van der Waals surface area contributed by atoms with E-state index in [-0.39, 0.29) is 35.3 Å². The highest BCUT2D eigenvalue weighted by Crippen LogP contribution is 2.39. The average molecular weight is 504 g/mol. The first kappa shape index (κ1) is 24.3. The fourth-order valence-corrected chi connectivity index (χ4v) is 3.58. The number of hydrogen-bond acceptors (Lipinski definition) is 4. The molecule has 1 aromatic rings. The van der Waals surface area contributed by atoms with Crippen LogP contribution in [0.1, 0.15) is 32.6 Å². The number of guanidine groups is 1. The summed E-state index contributed by atoms with van der Waals surface area (Å²) in [6, 6.07) is 5.65. The molecule has 1 saturated carbocycles. The third-order valence-electron chi connectivity index (χ3n) is 4.96. The van der Waals surface area contributed by atoms with E-state index >= 15 is 0 Å². The Morgan fingerprint density at radius 2 is 1.93 bits per heavy atom. The van der Waals surface area contributed by atoms with Crippen molar-refractivity contribution >= 4 is 41.5 Å². The van der Waals surface area contributed by atoms with Crippen molar-refractivity contribution in [2.75, 3.05) is 46.7 Å². The fraction of sp³-hybridized carbons (Fsp3) is 0.600. The van der Waals surface area contributed by atoms with Crippen LogP contribution in [0.15, 0.2) is 23.2 Å². The molecule has 1 fully saturated rings. The van der Waals surface area contributed by atoms with Gasteiger partial charge in [-0.1, -0.05) is 12.8 Å². The first-order chi connectivity index (χ1) is 13.0. The van der Waals surface area contributed by atoms with Crippen LogP contribution in [0, 0.1) is 5.41 Å². The third kappa shape index (κ3) is 5.89. The van der Waals surface area contributed by atoms with Crippen molar-refractivity contribution < 1.29 is 14.3 Å². The van der Waals surface area contributed by atoms with Crippen LogP contribution in [0.5, 0.6) is 11.5 Å². The lowest BCUT2D eigenvalue weighted by Gasteiger charge is -2.31. The molecule has 0 aromatic heterocycles. The maximum absolute atomic E-state index is 12.7. The molecule has 0 atom stereocenters. The number of anilines is 1. The number of amides is 1. The maximum Gasteiger partial charge on any atom is 0.230 e. The molecule has 8 heteroatoms. The Hall–Kier alpha value is -1.71.